The fourth-order valence-electron chi connectivity index (χ4n) is 4.25. The lowest BCUT2D eigenvalue weighted by Gasteiger charge is -2.29. The van der Waals surface area contributed by atoms with E-state index in [1.807, 2.05) is 0 Å². The zero-order valence-electron chi connectivity index (χ0n) is 17.9. The zero-order valence-corrected chi connectivity index (χ0v) is 18.6. The van der Waals surface area contributed by atoms with Gasteiger partial charge in [-0.1, -0.05) is 30.9 Å². The summed E-state index contributed by atoms with van der Waals surface area (Å²) in [6.07, 6.45) is 4.85. The first-order valence-corrected chi connectivity index (χ1v) is 10.8. The Hall–Kier alpha value is -3.26. The second-order valence-electron chi connectivity index (χ2n) is 7.80. The van der Waals surface area contributed by atoms with Crippen molar-refractivity contribution in [2.45, 2.75) is 38.1 Å². The maximum Gasteiger partial charge on any atom is 0.323 e. The number of methoxy groups -OCH3 is 2. The van der Waals surface area contributed by atoms with Crippen molar-refractivity contribution in [3.8, 4) is 11.5 Å². The molecule has 8 nitrogen and oxygen atoms in total. The summed E-state index contributed by atoms with van der Waals surface area (Å²) in [6, 6.07) is 7.21. The van der Waals surface area contributed by atoms with E-state index in [0.717, 1.165) is 32.1 Å². The highest BCUT2D eigenvalue weighted by Gasteiger charge is 2.40. The molecule has 168 valence electrons. The van der Waals surface area contributed by atoms with Gasteiger partial charge in [-0.3, -0.25) is 14.5 Å². The molecule has 1 fully saturated rings. The van der Waals surface area contributed by atoms with Crippen LogP contribution in [0.25, 0.3) is 0 Å². The summed E-state index contributed by atoms with van der Waals surface area (Å²) in [5, 5.41) is 5.72. The Morgan fingerprint density at radius 3 is 2.31 bits per heavy atom. The van der Waals surface area contributed by atoms with Gasteiger partial charge in [-0.05, 0) is 31.0 Å². The molecule has 2 aromatic rings. The molecule has 1 aliphatic heterocycles. The normalized spacial score (nSPS) is 16.0. The Morgan fingerprint density at radius 1 is 0.938 bits per heavy atom. The molecule has 1 saturated carbocycles. The number of carbonyl (C=O) groups is 3. The van der Waals surface area contributed by atoms with E-state index >= 15 is 0 Å². The molecule has 0 spiro atoms. The van der Waals surface area contributed by atoms with Crippen molar-refractivity contribution in [1.29, 1.82) is 0 Å². The lowest BCUT2D eigenvalue weighted by atomic mass is 9.94. The summed E-state index contributed by atoms with van der Waals surface area (Å²) in [5.74, 6) is 0.187. The maximum atomic E-state index is 13.0. The first kappa shape index (κ1) is 22.0. The van der Waals surface area contributed by atoms with Gasteiger partial charge in [0.25, 0.3) is 11.8 Å². The second kappa shape index (κ2) is 9.08. The van der Waals surface area contributed by atoms with Crippen LogP contribution < -0.4 is 20.1 Å². The summed E-state index contributed by atoms with van der Waals surface area (Å²) in [5.41, 5.74) is 1.44. The van der Waals surface area contributed by atoms with Crippen LogP contribution in [0.3, 0.4) is 0 Å². The number of fused-ring (bicyclic) bond motifs is 1. The van der Waals surface area contributed by atoms with Crippen molar-refractivity contribution in [1.82, 2.24) is 4.90 Å². The van der Waals surface area contributed by atoms with Gasteiger partial charge in [0, 0.05) is 23.9 Å². The summed E-state index contributed by atoms with van der Waals surface area (Å²) >= 11 is 6.10. The van der Waals surface area contributed by atoms with Gasteiger partial charge < -0.3 is 20.1 Å². The fourth-order valence-corrected chi connectivity index (χ4v) is 4.48. The molecule has 4 rings (SSSR count). The molecule has 2 N–H and O–H groups in total. The number of imide groups is 1. The molecule has 2 aromatic carbocycles. The van der Waals surface area contributed by atoms with E-state index in [0.29, 0.717) is 39.0 Å². The SMILES string of the molecule is COc1cc(NC(=O)Nc2ccc3c(c2)C(=O)N(C2CCCCC2)C3=O)c(OC)cc1Cl. The number of hydrogen-bond donors (Lipinski definition) is 2. The highest BCUT2D eigenvalue weighted by Crippen LogP contribution is 2.36. The molecule has 9 heteroatoms. The van der Waals surface area contributed by atoms with Gasteiger partial charge in [0.15, 0.2) is 0 Å². The standard InChI is InChI=1S/C23H24ClN3O5/c1-31-19-12-18(20(32-2)11-17(19)24)26-23(30)25-13-8-9-15-16(10-13)22(29)27(21(15)28)14-6-4-3-5-7-14/h8-12,14H,3-7H2,1-2H3,(H2,25,26,30). The third-order valence-corrected chi connectivity index (χ3v) is 6.13. The first-order valence-electron chi connectivity index (χ1n) is 10.4. The van der Waals surface area contributed by atoms with Crippen LogP contribution >= 0.6 is 11.6 Å². The van der Waals surface area contributed by atoms with Gasteiger partial charge in [-0.25, -0.2) is 4.79 Å². The van der Waals surface area contributed by atoms with Crippen LogP contribution in [-0.4, -0.2) is 43.0 Å². The lowest BCUT2D eigenvalue weighted by molar-refractivity contribution is 0.0549. The van der Waals surface area contributed by atoms with Crippen LogP contribution in [0.15, 0.2) is 30.3 Å². The molecule has 2 aliphatic rings. The van der Waals surface area contributed by atoms with E-state index in [1.165, 1.54) is 31.3 Å². The average Bonchev–Trinajstić information content (AvgIpc) is 3.04. The fraction of sp³-hybridized carbons (Fsp3) is 0.348. The largest absolute Gasteiger partial charge is 0.495 e. The van der Waals surface area contributed by atoms with Crippen molar-refractivity contribution in [2.75, 3.05) is 24.9 Å². The van der Waals surface area contributed by atoms with Gasteiger partial charge in [0.1, 0.15) is 11.5 Å². The van der Waals surface area contributed by atoms with Gasteiger partial charge in [-0.2, -0.15) is 0 Å². The smallest absolute Gasteiger partial charge is 0.323 e. The number of amides is 4. The number of anilines is 2. The summed E-state index contributed by atoms with van der Waals surface area (Å²) in [6.45, 7) is 0. The van der Waals surface area contributed by atoms with Gasteiger partial charge >= 0.3 is 6.03 Å². The number of nitrogens with zero attached hydrogens (tertiary/aromatic N) is 1. The molecule has 0 atom stereocenters. The number of nitrogens with one attached hydrogen (secondary N) is 2. The number of urea groups is 1. The average molecular weight is 458 g/mol. The lowest BCUT2D eigenvalue weighted by Crippen LogP contribution is -2.40. The van der Waals surface area contributed by atoms with E-state index in [2.05, 4.69) is 10.6 Å². The summed E-state index contributed by atoms with van der Waals surface area (Å²) < 4.78 is 10.4. The van der Waals surface area contributed by atoms with Crippen molar-refractivity contribution in [3.63, 3.8) is 0 Å². The minimum Gasteiger partial charge on any atom is -0.495 e. The minimum atomic E-state index is -0.548. The molecular weight excluding hydrogens is 434 g/mol. The number of halogens is 1. The molecule has 0 saturated heterocycles. The predicted molar refractivity (Wildman–Crippen MR) is 121 cm³/mol. The van der Waals surface area contributed by atoms with Crippen LogP contribution in [0.4, 0.5) is 16.2 Å². The van der Waals surface area contributed by atoms with Crippen LogP contribution in [0, 0.1) is 0 Å². The van der Waals surface area contributed by atoms with E-state index in [9.17, 15) is 14.4 Å². The van der Waals surface area contributed by atoms with E-state index in [1.54, 1.807) is 18.2 Å². The molecule has 1 heterocycles. The number of benzene rings is 2. The molecule has 32 heavy (non-hydrogen) atoms. The van der Waals surface area contributed by atoms with E-state index in [-0.39, 0.29) is 17.9 Å². The first-order chi connectivity index (χ1) is 15.4. The monoisotopic (exact) mass is 457 g/mol. The van der Waals surface area contributed by atoms with Crippen LogP contribution in [0.2, 0.25) is 5.02 Å². The number of ether oxygens (including phenoxy) is 2. The molecule has 4 amide bonds. The van der Waals surface area contributed by atoms with Gasteiger partial charge in [0.2, 0.25) is 0 Å². The molecular formula is C23H24ClN3O5. The van der Waals surface area contributed by atoms with Crippen LogP contribution in [-0.2, 0) is 0 Å². The zero-order chi connectivity index (χ0) is 22.8. The van der Waals surface area contributed by atoms with Crippen molar-refractivity contribution >= 4 is 40.8 Å². The predicted octanol–water partition coefficient (Wildman–Crippen LogP) is 4.93. The number of carbonyl (C=O) groups excluding carboxylic acids is 3. The van der Waals surface area contributed by atoms with Crippen LogP contribution in [0.1, 0.15) is 52.8 Å². The Balaban J connectivity index is 1.50. The number of rotatable bonds is 5. The quantitative estimate of drug-likeness (QED) is 0.620. The van der Waals surface area contributed by atoms with E-state index < -0.39 is 6.03 Å². The Kier molecular flexibility index (Phi) is 6.23. The third-order valence-electron chi connectivity index (χ3n) is 5.84. The van der Waals surface area contributed by atoms with E-state index in [4.69, 9.17) is 21.1 Å². The Morgan fingerprint density at radius 2 is 1.62 bits per heavy atom. The molecule has 1 aliphatic carbocycles. The molecule has 0 bridgehead atoms. The minimum absolute atomic E-state index is 0.0526. The van der Waals surface area contributed by atoms with Gasteiger partial charge in [-0.15, -0.1) is 0 Å². The molecule has 0 radical (unpaired) electrons. The third kappa shape index (κ3) is 4.10. The van der Waals surface area contributed by atoms with Gasteiger partial charge in [0.05, 0.1) is 36.1 Å². The summed E-state index contributed by atoms with van der Waals surface area (Å²) in [4.78, 5) is 39.7. The number of hydrogen-bond acceptors (Lipinski definition) is 5. The second-order valence-corrected chi connectivity index (χ2v) is 8.21. The van der Waals surface area contributed by atoms with Crippen molar-refractivity contribution in [3.05, 3.63) is 46.5 Å². The van der Waals surface area contributed by atoms with Crippen molar-refractivity contribution in [2.24, 2.45) is 0 Å². The Labute approximate surface area is 190 Å². The topological polar surface area (TPSA) is 97.0 Å². The molecule has 0 unspecified atom stereocenters. The van der Waals surface area contributed by atoms with Crippen molar-refractivity contribution < 1.29 is 23.9 Å². The van der Waals surface area contributed by atoms with Crippen LogP contribution in [0.5, 0.6) is 11.5 Å². The Bertz CT molecular complexity index is 1080. The highest BCUT2D eigenvalue weighted by molar-refractivity contribution is 6.32. The molecule has 0 aromatic heterocycles. The maximum absolute atomic E-state index is 13.0. The summed E-state index contributed by atoms with van der Waals surface area (Å²) in [7, 11) is 2.93. The highest BCUT2D eigenvalue weighted by atomic mass is 35.5.